The number of carbonyl (C=O) groups is 3. The average molecular weight is 674 g/mol. The van der Waals surface area contributed by atoms with Crippen LogP contribution in [0.1, 0.15) is 17.8 Å². The summed E-state index contributed by atoms with van der Waals surface area (Å²) in [4.78, 5) is 49.2. The Morgan fingerprint density at radius 2 is 1.98 bits per heavy atom. The maximum Gasteiger partial charge on any atom is 0.335 e. The molecule has 5 N–H and O–H groups in total. The van der Waals surface area contributed by atoms with E-state index in [1.54, 1.807) is 31.4 Å². The van der Waals surface area contributed by atoms with E-state index in [2.05, 4.69) is 19.8 Å². The molecule has 0 radical (unpaired) electrons. The number of benzene rings is 1. The van der Waals surface area contributed by atoms with Gasteiger partial charge in [0.25, 0.3) is 5.91 Å². The van der Waals surface area contributed by atoms with Gasteiger partial charge in [0.15, 0.2) is 10.9 Å². The standard InChI is InChI=1S/C30H36N6O8S2/c1-36(12-10-19(37)20(38)13-36)11-4-5-17-15-45-26-22(21(17)29(41)44-14-16-6-8-18(42-2)9-7-16)25(39)23(26)32-28(40)24(34-43-3)27-33-30(31)46-35-27/h4-9,19-20,22-23,26,37-38H,10-15H2,1-3H3,(H2-,31,32,33,35,40)/p+1/b5-4+,34-24-/t19-,20-,22?,23-,26+,36?/m1/s1. The Kier molecular flexibility index (Phi) is 10.4. The first-order valence-corrected chi connectivity index (χ1v) is 16.4. The van der Waals surface area contributed by atoms with Gasteiger partial charge >= 0.3 is 5.97 Å². The summed E-state index contributed by atoms with van der Waals surface area (Å²) in [5.74, 6) is -1.39. The van der Waals surface area contributed by atoms with Crippen molar-refractivity contribution in [2.45, 2.75) is 36.5 Å². The fourth-order valence-electron chi connectivity index (χ4n) is 5.78. The number of fused-ring (bicyclic) bond motifs is 1. The van der Waals surface area contributed by atoms with Gasteiger partial charge in [-0.2, -0.15) is 21.1 Å². The van der Waals surface area contributed by atoms with Gasteiger partial charge in [-0.15, -0.1) is 0 Å². The number of nitrogens with one attached hydrogen (secondary N) is 1. The minimum atomic E-state index is -0.888. The number of Topliss-reactive ketones (excluding diaryl/α,β-unsaturated/α-hetero) is 1. The number of piperidine rings is 1. The highest BCUT2D eigenvalue weighted by Gasteiger charge is 2.56. The molecule has 0 bridgehead atoms. The number of quaternary nitrogens is 1. The van der Waals surface area contributed by atoms with Crippen LogP contribution in [0.5, 0.6) is 5.75 Å². The van der Waals surface area contributed by atoms with Crippen LogP contribution >= 0.6 is 23.3 Å². The predicted octanol–water partition coefficient (Wildman–Crippen LogP) is 0.447. The minimum Gasteiger partial charge on any atom is -0.497 e. The van der Waals surface area contributed by atoms with Crippen LogP contribution in [0.4, 0.5) is 5.13 Å². The van der Waals surface area contributed by atoms with Gasteiger partial charge in [0.1, 0.15) is 38.2 Å². The van der Waals surface area contributed by atoms with Crippen molar-refractivity contribution < 1.29 is 43.4 Å². The topological polar surface area (TPSA) is 196 Å². The third-order valence-electron chi connectivity index (χ3n) is 8.35. The number of likely N-dealkylation sites (N-methyl/N-ethyl adjacent to an activating group) is 1. The normalized spacial score (nSPS) is 28.0. The zero-order valence-corrected chi connectivity index (χ0v) is 27.3. The second-order valence-corrected chi connectivity index (χ2v) is 13.5. The molecule has 0 spiro atoms. The molecule has 1 aliphatic carbocycles. The molecule has 6 atom stereocenters. The number of aliphatic hydroxyl groups excluding tert-OH is 2. The molecule has 2 unspecified atom stereocenters. The van der Waals surface area contributed by atoms with Crippen molar-refractivity contribution in [3.63, 3.8) is 0 Å². The Morgan fingerprint density at radius 3 is 2.63 bits per heavy atom. The van der Waals surface area contributed by atoms with E-state index in [-0.39, 0.29) is 34.6 Å². The number of oxime groups is 1. The lowest BCUT2D eigenvalue weighted by Gasteiger charge is -2.46. The van der Waals surface area contributed by atoms with E-state index < -0.39 is 41.3 Å². The second-order valence-electron chi connectivity index (χ2n) is 11.6. The van der Waals surface area contributed by atoms with Crippen molar-refractivity contribution in [2.75, 3.05) is 52.4 Å². The molecular formula is C30H37N6O8S2+. The van der Waals surface area contributed by atoms with Crippen LogP contribution in [0, 0.1) is 5.92 Å². The van der Waals surface area contributed by atoms with E-state index in [0.29, 0.717) is 47.6 Å². The number of likely N-dealkylation sites (tertiary alicyclic amines) is 1. The lowest BCUT2D eigenvalue weighted by atomic mass is 9.71. The molecule has 46 heavy (non-hydrogen) atoms. The Hall–Kier alpha value is -3.83. The largest absolute Gasteiger partial charge is 0.497 e. The number of thioether (sulfide) groups is 1. The van der Waals surface area contributed by atoms with Gasteiger partial charge < -0.3 is 40.1 Å². The quantitative estimate of drug-likeness (QED) is 0.111. The number of rotatable bonds is 11. The van der Waals surface area contributed by atoms with Crippen molar-refractivity contribution in [2.24, 2.45) is 11.1 Å². The van der Waals surface area contributed by atoms with Crippen LogP contribution in [-0.2, 0) is 30.6 Å². The minimum absolute atomic E-state index is 0.00199. The number of esters is 1. The molecule has 14 nitrogen and oxygen atoms in total. The van der Waals surface area contributed by atoms with Crippen LogP contribution in [0.25, 0.3) is 0 Å². The third-order valence-corrected chi connectivity index (χ3v) is 10.3. The van der Waals surface area contributed by atoms with Crippen molar-refractivity contribution in [3.8, 4) is 5.75 Å². The van der Waals surface area contributed by atoms with E-state index in [4.69, 9.17) is 20.0 Å². The summed E-state index contributed by atoms with van der Waals surface area (Å²) in [7, 11) is 4.84. The molecule has 1 amide bonds. The highest BCUT2D eigenvalue weighted by Crippen LogP contribution is 2.46. The number of ether oxygens (including phenoxy) is 2. The van der Waals surface area contributed by atoms with E-state index in [9.17, 15) is 24.6 Å². The van der Waals surface area contributed by atoms with Crippen LogP contribution in [-0.4, -0.2) is 118 Å². The zero-order chi connectivity index (χ0) is 33.0. The maximum atomic E-state index is 13.6. The van der Waals surface area contributed by atoms with Crippen LogP contribution in [0.15, 0.2) is 52.7 Å². The zero-order valence-electron chi connectivity index (χ0n) is 25.6. The average Bonchev–Trinajstić information content (AvgIpc) is 3.48. The number of amides is 1. The first-order chi connectivity index (χ1) is 22.0. The molecule has 16 heteroatoms. The summed E-state index contributed by atoms with van der Waals surface area (Å²) in [5, 5.41) is 26.3. The fraction of sp³-hybridized carbons (Fsp3) is 0.467. The number of anilines is 1. The lowest BCUT2D eigenvalue weighted by molar-refractivity contribution is -0.913. The number of hydrogen-bond donors (Lipinski definition) is 4. The van der Waals surface area contributed by atoms with Crippen molar-refractivity contribution in [1.29, 1.82) is 0 Å². The monoisotopic (exact) mass is 673 g/mol. The van der Waals surface area contributed by atoms with Crippen LogP contribution < -0.4 is 15.8 Å². The Bertz CT molecular complexity index is 1560. The van der Waals surface area contributed by atoms with E-state index in [0.717, 1.165) is 17.1 Å². The number of carbonyl (C=O) groups excluding carboxylic acids is 3. The highest BCUT2D eigenvalue weighted by atomic mass is 32.2. The number of aliphatic hydroxyl groups is 2. The molecule has 1 aromatic carbocycles. The third kappa shape index (κ3) is 7.25. The lowest BCUT2D eigenvalue weighted by Crippen LogP contribution is -2.66. The number of allylic oxidation sites excluding steroid dienone is 1. The smallest absolute Gasteiger partial charge is 0.335 e. The van der Waals surface area contributed by atoms with Gasteiger partial charge in [0, 0.05) is 29.0 Å². The molecule has 1 aromatic heterocycles. The van der Waals surface area contributed by atoms with Gasteiger partial charge in [-0.1, -0.05) is 23.4 Å². The molecule has 2 aromatic rings. The number of aromatic nitrogens is 2. The van der Waals surface area contributed by atoms with E-state index in [1.807, 2.05) is 19.2 Å². The van der Waals surface area contributed by atoms with E-state index in [1.165, 1.54) is 18.9 Å². The molecule has 5 rings (SSSR count). The van der Waals surface area contributed by atoms with Gasteiger partial charge in [-0.3, -0.25) is 9.59 Å². The fourth-order valence-corrected chi connectivity index (χ4v) is 7.70. The maximum absolute atomic E-state index is 13.6. The molecule has 2 fully saturated rings. The van der Waals surface area contributed by atoms with Crippen molar-refractivity contribution in [3.05, 3.63) is 59.0 Å². The van der Waals surface area contributed by atoms with Crippen molar-refractivity contribution >= 4 is 51.8 Å². The summed E-state index contributed by atoms with van der Waals surface area (Å²) in [5.41, 5.74) is 7.12. The Labute approximate surface area is 274 Å². The molecule has 2 aliphatic heterocycles. The van der Waals surface area contributed by atoms with Crippen molar-refractivity contribution in [1.82, 2.24) is 14.7 Å². The number of nitrogens with two attached hydrogens (primary N) is 1. The summed E-state index contributed by atoms with van der Waals surface area (Å²) >= 11 is 2.35. The first kappa shape index (κ1) is 33.5. The van der Waals surface area contributed by atoms with Gasteiger partial charge in [0.2, 0.25) is 11.5 Å². The predicted molar refractivity (Wildman–Crippen MR) is 171 cm³/mol. The van der Waals surface area contributed by atoms with Gasteiger partial charge in [-0.25, -0.2) is 4.79 Å². The SMILES string of the molecule is CO/N=C(\C(=O)N[C@@H]1C(=O)C2C(C(=O)OCc3ccc(OC)cc3)=C(/C=C/C[N+]3(C)CC[C@@H](O)[C@H](O)C3)CS[C@@H]21)c1nsc(N)n1. The summed E-state index contributed by atoms with van der Waals surface area (Å²) in [6, 6.07) is 6.23. The Balaban J connectivity index is 1.35. The summed E-state index contributed by atoms with van der Waals surface area (Å²) in [6.07, 6.45) is 2.72. The number of hydrogen-bond acceptors (Lipinski definition) is 14. The van der Waals surface area contributed by atoms with Crippen LogP contribution in [0.2, 0.25) is 0 Å². The molecule has 3 aliphatic rings. The van der Waals surface area contributed by atoms with Gasteiger partial charge in [-0.05, 0) is 29.3 Å². The number of nitrogens with zero attached hydrogens (tertiary/aromatic N) is 4. The number of ketones is 1. The molecule has 1 saturated carbocycles. The van der Waals surface area contributed by atoms with E-state index >= 15 is 0 Å². The summed E-state index contributed by atoms with van der Waals surface area (Å²) in [6.45, 7) is 1.65. The number of methoxy groups -OCH3 is 1. The molecule has 1 saturated heterocycles. The molecule has 246 valence electrons. The molecular weight excluding hydrogens is 636 g/mol. The molecule has 3 heterocycles. The summed E-state index contributed by atoms with van der Waals surface area (Å²) < 4.78 is 15.4. The van der Waals surface area contributed by atoms with Gasteiger partial charge in [0.05, 0.1) is 44.8 Å². The van der Waals surface area contributed by atoms with Crippen LogP contribution in [0.3, 0.4) is 0 Å². The Morgan fingerprint density at radius 1 is 1.22 bits per heavy atom. The number of nitrogen functional groups attached to an aromatic ring is 1. The first-order valence-electron chi connectivity index (χ1n) is 14.6. The second kappa shape index (κ2) is 14.3. The highest BCUT2D eigenvalue weighted by molar-refractivity contribution is 8.00.